The molecular formula is C11H10BrN3S2. The van der Waals surface area contributed by atoms with E-state index in [1.807, 2.05) is 29.1 Å². The van der Waals surface area contributed by atoms with Crippen LogP contribution >= 0.6 is 39.5 Å². The van der Waals surface area contributed by atoms with Gasteiger partial charge in [0.1, 0.15) is 4.99 Å². The fraction of sp³-hybridized carbons (Fsp3) is 0.0909. The van der Waals surface area contributed by atoms with Crippen molar-refractivity contribution in [3.63, 3.8) is 0 Å². The summed E-state index contributed by atoms with van der Waals surface area (Å²) in [5.41, 5.74) is 10.3. The molecule has 6 heteroatoms. The maximum atomic E-state index is 5.71. The number of aromatic nitrogens is 1. The highest BCUT2D eigenvalue weighted by atomic mass is 79.9. The molecule has 88 valence electrons. The first kappa shape index (κ1) is 12.5. The van der Waals surface area contributed by atoms with E-state index in [1.54, 1.807) is 11.3 Å². The number of anilines is 1. The van der Waals surface area contributed by atoms with Gasteiger partial charge in [0, 0.05) is 21.1 Å². The number of rotatable bonds is 4. The van der Waals surface area contributed by atoms with Gasteiger partial charge >= 0.3 is 0 Å². The van der Waals surface area contributed by atoms with Crippen molar-refractivity contribution in [2.45, 2.75) is 6.54 Å². The lowest BCUT2D eigenvalue weighted by Gasteiger charge is -2.11. The van der Waals surface area contributed by atoms with Gasteiger partial charge in [-0.15, -0.1) is 11.3 Å². The van der Waals surface area contributed by atoms with Gasteiger partial charge < -0.3 is 11.1 Å². The van der Waals surface area contributed by atoms with E-state index >= 15 is 0 Å². The molecular weight excluding hydrogens is 318 g/mol. The Labute approximate surface area is 117 Å². The normalized spacial score (nSPS) is 10.2. The number of nitrogens with zero attached hydrogens (tertiary/aromatic N) is 1. The van der Waals surface area contributed by atoms with Crippen LogP contribution in [0.15, 0.2) is 33.6 Å². The summed E-state index contributed by atoms with van der Waals surface area (Å²) in [5.74, 6) is 0. The van der Waals surface area contributed by atoms with Crippen molar-refractivity contribution in [3.05, 3.63) is 44.8 Å². The fourth-order valence-corrected chi connectivity index (χ4v) is 2.92. The zero-order valence-corrected chi connectivity index (χ0v) is 12.0. The predicted octanol–water partition coefficient (Wildman–Crippen LogP) is 3.15. The Balaban J connectivity index is 2.21. The summed E-state index contributed by atoms with van der Waals surface area (Å²) in [6.07, 6.45) is 0. The molecule has 17 heavy (non-hydrogen) atoms. The van der Waals surface area contributed by atoms with Crippen LogP contribution in [0, 0.1) is 0 Å². The first-order valence-corrected chi connectivity index (χ1v) is 7.02. The summed E-state index contributed by atoms with van der Waals surface area (Å²) in [6.45, 7) is 0.662. The Kier molecular flexibility index (Phi) is 4.09. The van der Waals surface area contributed by atoms with Crippen LogP contribution in [0.3, 0.4) is 0 Å². The standard InChI is InChI=1S/C11H10BrN3S2/c12-8-2-1-3-9(10(8)11(13)16)14-4-7-5-17-6-15-7/h1-3,5-6,14H,4H2,(H2,13,16). The summed E-state index contributed by atoms with van der Waals surface area (Å²) in [7, 11) is 0. The zero-order chi connectivity index (χ0) is 12.3. The largest absolute Gasteiger partial charge is 0.389 e. The number of nitrogens with two attached hydrogens (primary N) is 1. The fourth-order valence-electron chi connectivity index (χ4n) is 1.43. The number of benzene rings is 1. The minimum absolute atomic E-state index is 0.373. The van der Waals surface area contributed by atoms with Crippen LogP contribution in [0.4, 0.5) is 5.69 Å². The van der Waals surface area contributed by atoms with Gasteiger partial charge in [-0.25, -0.2) is 4.98 Å². The van der Waals surface area contributed by atoms with Gasteiger partial charge in [-0.05, 0) is 28.1 Å². The number of hydrogen-bond donors (Lipinski definition) is 2. The predicted molar refractivity (Wildman–Crippen MR) is 79.5 cm³/mol. The lowest BCUT2D eigenvalue weighted by molar-refractivity contribution is 1.07. The molecule has 0 bridgehead atoms. The van der Waals surface area contributed by atoms with E-state index in [0.717, 1.165) is 21.4 Å². The second-order valence-electron chi connectivity index (χ2n) is 3.36. The second-order valence-corrected chi connectivity index (χ2v) is 5.37. The molecule has 3 N–H and O–H groups in total. The molecule has 0 amide bonds. The first-order valence-electron chi connectivity index (χ1n) is 4.87. The third-order valence-electron chi connectivity index (χ3n) is 2.20. The Morgan fingerprint density at radius 3 is 3.00 bits per heavy atom. The van der Waals surface area contributed by atoms with Crippen molar-refractivity contribution >= 4 is 50.2 Å². The van der Waals surface area contributed by atoms with Crippen LogP contribution in [0.5, 0.6) is 0 Å². The van der Waals surface area contributed by atoms with E-state index in [-0.39, 0.29) is 0 Å². The molecule has 2 aromatic rings. The van der Waals surface area contributed by atoms with E-state index in [1.165, 1.54) is 0 Å². The average molecular weight is 328 g/mol. The number of hydrogen-bond acceptors (Lipinski definition) is 4. The number of halogens is 1. The van der Waals surface area contributed by atoms with Gasteiger partial charge in [-0.2, -0.15) is 0 Å². The number of thiocarbonyl (C=S) groups is 1. The molecule has 0 spiro atoms. The molecule has 1 aromatic carbocycles. The topological polar surface area (TPSA) is 50.9 Å². The monoisotopic (exact) mass is 327 g/mol. The highest BCUT2D eigenvalue weighted by Gasteiger charge is 2.09. The van der Waals surface area contributed by atoms with Gasteiger partial charge in [-0.3, -0.25) is 0 Å². The molecule has 0 unspecified atom stereocenters. The molecule has 0 saturated carbocycles. The summed E-state index contributed by atoms with van der Waals surface area (Å²) in [4.78, 5) is 4.58. The number of thiazole rings is 1. The van der Waals surface area contributed by atoms with E-state index < -0.39 is 0 Å². The maximum absolute atomic E-state index is 5.71. The lowest BCUT2D eigenvalue weighted by Crippen LogP contribution is -2.14. The van der Waals surface area contributed by atoms with Crippen molar-refractivity contribution in [1.82, 2.24) is 4.98 Å². The molecule has 2 rings (SSSR count). The molecule has 0 aliphatic rings. The lowest BCUT2D eigenvalue weighted by atomic mass is 10.1. The van der Waals surface area contributed by atoms with Crippen molar-refractivity contribution < 1.29 is 0 Å². The van der Waals surface area contributed by atoms with Gasteiger partial charge in [-0.1, -0.05) is 18.3 Å². The Morgan fingerprint density at radius 2 is 2.35 bits per heavy atom. The smallest absolute Gasteiger partial charge is 0.107 e. The minimum atomic E-state index is 0.373. The third-order valence-corrected chi connectivity index (χ3v) is 3.70. The van der Waals surface area contributed by atoms with Gasteiger partial charge in [0.25, 0.3) is 0 Å². The summed E-state index contributed by atoms with van der Waals surface area (Å²) >= 11 is 10.1. The molecule has 0 aliphatic heterocycles. The second kappa shape index (κ2) is 5.57. The van der Waals surface area contributed by atoms with E-state index in [9.17, 15) is 0 Å². The van der Waals surface area contributed by atoms with Crippen LogP contribution in [-0.4, -0.2) is 9.97 Å². The molecule has 0 radical (unpaired) electrons. The first-order chi connectivity index (χ1) is 8.18. The van der Waals surface area contributed by atoms with Crippen molar-refractivity contribution in [3.8, 4) is 0 Å². The van der Waals surface area contributed by atoms with Crippen LogP contribution in [0.1, 0.15) is 11.3 Å². The molecule has 0 aliphatic carbocycles. The molecule has 0 fully saturated rings. The van der Waals surface area contributed by atoms with Gasteiger partial charge in [0.15, 0.2) is 0 Å². The van der Waals surface area contributed by atoms with Crippen LogP contribution in [0.25, 0.3) is 0 Å². The third kappa shape index (κ3) is 3.02. The van der Waals surface area contributed by atoms with E-state index in [2.05, 4.69) is 26.2 Å². The highest BCUT2D eigenvalue weighted by Crippen LogP contribution is 2.25. The Morgan fingerprint density at radius 1 is 1.53 bits per heavy atom. The summed E-state index contributed by atoms with van der Waals surface area (Å²) in [5, 5.41) is 5.29. The SMILES string of the molecule is NC(=S)c1c(Br)cccc1NCc1cscn1. The molecule has 3 nitrogen and oxygen atoms in total. The Bertz CT molecular complexity index is 526. The Hall–Kier alpha value is -0.980. The summed E-state index contributed by atoms with van der Waals surface area (Å²) in [6, 6.07) is 5.81. The molecule has 1 heterocycles. The van der Waals surface area contributed by atoms with Crippen LogP contribution in [0.2, 0.25) is 0 Å². The molecule has 1 aromatic heterocycles. The van der Waals surface area contributed by atoms with Crippen molar-refractivity contribution in [2.75, 3.05) is 5.32 Å². The average Bonchev–Trinajstić information content (AvgIpc) is 2.78. The van der Waals surface area contributed by atoms with Crippen molar-refractivity contribution in [2.24, 2.45) is 5.73 Å². The van der Waals surface area contributed by atoms with E-state index in [0.29, 0.717) is 11.5 Å². The quantitative estimate of drug-likeness (QED) is 0.847. The van der Waals surface area contributed by atoms with Crippen LogP contribution in [-0.2, 0) is 6.54 Å². The van der Waals surface area contributed by atoms with Crippen molar-refractivity contribution in [1.29, 1.82) is 0 Å². The zero-order valence-electron chi connectivity index (χ0n) is 8.81. The van der Waals surface area contributed by atoms with Gasteiger partial charge in [0.2, 0.25) is 0 Å². The highest BCUT2D eigenvalue weighted by molar-refractivity contribution is 9.10. The number of nitrogens with one attached hydrogen (secondary N) is 1. The summed E-state index contributed by atoms with van der Waals surface area (Å²) < 4.78 is 0.897. The van der Waals surface area contributed by atoms with Crippen LogP contribution < -0.4 is 11.1 Å². The maximum Gasteiger partial charge on any atom is 0.107 e. The minimum Gasteiger partial charge on any atom is -0.389 e. The van der Waals surface area contributed by atoms with E-state index in [4.69, 9.17) is 18.0 Å². The van der Waals surface area contributed by atoms with Gasteiger partial charge in [0.05, 0.1) is 17.7 Å². The molecule has 0 atom stereocenters. The molecule has 0 saturated heterocycles.